The summed E-state index contributed by atoms with van der Waals surface area (Å²) in [6.45, 7) is 4.31. The van der Waals surface area contributed by atoms with Gasteiger partial charge in [-0.15, -0.1) is 0 Å². The molecule has 0 aliphatic rings. The monoisotopic (exact) mass is 294 g/mol. The molecule has 0 spiro atoms. The lowest BCUT2D eigenvalue weighted by atomic mass is 10.0. The summed E-state index contributed by atoms with van der Waals surface area (Å²) >= 11 is 0. The minimum Gasteiger partial charge on any atom is -0.489 e. The maximum atomic E-state index is 12.6. The van der Waals surface area contributed by atoms with Crippen LogP contribution in [0.15, 0.2) is 48.5 Å². The number of halogens is 3. The molecule has 0 fully saturated rings. The second-order valence-corrected chi connectivity index (χ2v) is 5.21. The van der Waals surface area contributed by atoms with Gasteiger partial charge < -0.3 is 4.74 Å². The molecule has 0 aliphatic heterocycles. The van der Waals surface area contributed by atoms with Gasteiger partial charge in [0.25, 0.3) is 0 Å². The average molecular weight is 294 g/mol. The molecule has 0 aromatic heterocycles. The van der Waals surface area contributed by atoms with E-state index in [1.165, 1.54) is 11.6 Å². The van der Waals surface area contributed by atoms with Crippen LogP contribution in [-0.2, 0) is 12.8 Å². The number of benzene rings is 2. The van der Waals surface area contributed by atoms with E-state index in [1.54, 1.807) is 6.07 Å². The molecule has 0 radical (unpaired) electrons. The highest BCUT2D eigenvalue weighted by molar-refractivity contribution is 5.30. The zero-order chi connectivity index (χ0) is 15.5. The molecule has 112 valence electrons. The van der Waals surface area contributed by atoms with Crippen LogP contribution in [0.4, 0.5) is 13.2 Å². The lowest BCUT2D eigenvalue weighted by molar-refractivity contribution is -0.137. The summed E-state index contributed by atoms with van der Waals surface area (Å²) in [4.78, 5) is 0. The summed E-state index contributed by atoms with van der Waals surface area (Å²) in [5, 5.41) is 0. The summed E-state index contributed by atoms with van der Waals surface area (Å²) in [6.07, 6.45) is -4.32. The van der Waals surface area contributed by atoms with Crippen molar-refractivity contribution in [2.75, 3.05) is 0 Å². The molecule has 0 unspecified atom stereocenters. The zero-order valence-corrected chi connectivity index (χ0v) is 11.9. The molecule has 0 N–H and O–H groups in total. The molecule has 0 heterocycles. The summed E-state index contributed by atoms with van der Waals surface area (Å²) in [7, 11) is 0. The number of hydrogen-bond donors (Lipinski definition) is 0. The molecular weight excluding hydrogens is 277 g/mol. The van der Waals surface area contributed by atoms with Gasteiger partial charge in [0.1, 0.15) is 12.4 Å². The molecule has 0 saturated carbocycles. The van der Waals surface area contributed by atoms with Crippen molar-refractivity contribution in [2.45, 2.75) is 32.5 Å². The van der Waals surface area contributed by atoms with Gasteiger partial charge in [-0.3, -0.25) is 0 Å². The number of ether oxygens (including phenoxy) is 1. The summed E-state index contributed by atoms with van der Waals surface area (Å²) in [5.74, 6) is 1.08. The highest BCUT2D eigenvalue weighted by atomic mass is 19.4. The molecular formula is C17H17F3O. The molecule has 21 heavy (non-hydrogen) atoms. The van der Waals surface area contributed by atoms with E-state index in [4.69, 9.17) is 4.74 Å². The van der Waals surface area contributed by atoms with E-state index in [2.05, 4.69) is 13.8 Å². The van der Waals surface area contributed by atoms with Gasteiger partial charge >= 0.3 is 6.18 Å². The van der Waals surface area contributed by atoms with Crippen LogP contribution in [0.3, 0.4) is 0 Å². The highest BCUT2D eigenvalue weighted by Gasteiger charge is 2.30. The first-order valence-electron chi connectivity index (χ1n) is 6.75. The largest absolute Gasteiger partial charge is 0.489 e. The van der Waals surface area contributed by atoms with Crippen molar-refractivity contribution >= 4 is 0 Å². The molecule has 0 bridgehead atoms. The Kier molecular flexibility index (Phi) is 4.56. The van der Waals surface area contributed by atoms with Crippen LogP contribution in [0.1, 0.15) is 36.5 Å². The van der Waals surface area contributed by atoms with Crippen LogP contribution < -0.4 is 4.74 Å². The predicted molar refractivity (Wildman–Crippen MR) is 76.3 cm³/mol. The fourth-order valence-corrected chi connectivity index (χ4v) is 1.95. The Morgan fingerprint density at radius 1 is 1.00 bits per heavy atom. The van der Waals surface area contributed by atoms with Gasteiger partial charge in [-0.05, 0) is 41.3 Å². The van der Waals surface area contributed by atoms with Gasteiger partial charge in [0, 0.05) is 0 Å². The third-order valence-electron chi connectivity index (χ3n) is 3.21. The second-order valence-electron chi connectivity index (χ2n) is 5.21. The molecule has 2 aromatic rings. The van der Waals surface area contributed by atoms with Crippen LogP contribution in [0.2, 0.25) is 0 Å². The van der Waals surface area contributed by atoms with E-state index in [0.29, 0.717) is 17.2 Å². The van der Waals surface area contributed by atoms with Gasteiger partial charge in [0.2, 0.25) is 0 Å². The molecule has 1 nitrogen and oxygen atoms in total. The van der Waals surface area contributed by atoms with Crippen molar-refractivity contribution < 1.29 is 17.9 Å². The minimum absolute atomic E-state index is 0.116. The van der Waals surface area contributed by atoms with E-state index >= 15 is 0 Å². The van der Waals surface area contributed by atoms with Crippen LogP contribution >= 0.6 is 0 Å². The van der Waals surface area contributed by atoms with Crippen molar-refractivity contribution in [3.05, 3.63) is 65.2 Å². The van der Waals surface area contributed by atoms with Gasteiger partial charge in [0.05, 0.1) is 5.56 Å². The molecule has 0 amide bonds. The highest BCUT2D eigenvalue weighted by Crippen LogP contribution is 2.29. The Hall–Kier alpha value is -1.97. The third kappa shape index (κ3) is 4.25. The maximum absolute atomic E-state index is 12.6. The molecule has 2 rings (SSSR count). The lowest BCUT2D eigenvalue weighted by Crippen LogP contribution is -2.06. The Balaban J connectivity index is 2.03. The zero-order valence-electron chi connectivity index (χ0n) is 11.9. The van der Waals surface area contributed by atoms with Crippen LogP contribution in [-0.4, -0.2) is 0 Å². The van der Waals surface area contributed by atoms with Crippen molar-refractivity contribution in [3.63, 3.8) is 0 Å². The molecule has 0 saturated heterocycles. The van der Waals surface area contributed by atoms with Crippen LogP contribution in [0, 0.1) is 0 Å². The standard InChI is InChI=1S/C17H17F3O/c1-12(2)14-6-8-16(9-7-14)21-11-13-4-3-5-15(10-13)17(18,19)20/h3-10,12H,11H2,1-2H3. The van der Waals surface area contributed by atoms with Crippen molar-refractivity contribution in [1.82, 2.24) is 0 Å². The Morgan fingerprint density at radius 2 is 1.67 bits per heavy atom. The maximum Gasteiger partial charge on any atom is 0.416 e. The van der Waals surface area contributed by atoms with E-state index in [9.17, 15) is 13.2 Å². The fourth-order valence-electron chi connectivity index (χ4n) is 1.95. The second kappa shape index (κ2) is 6.20. The van der Waals surface area contributed by atoms with E-state index < -0.39 is 11.7 Å². The van der Waals surface area contributed by atoms with Crippen molar-refractivity contribution in [1.29, 1.82) is 0 Å². The SMILES string of the molecule is CC(C)c1ccc(OCc2cccc(C(F)(F)F)c2)cc1. The normalized spacial score (nSPS) is 11.7. The summed E-state index contributed by atoms with van der Waals surface area (Å²) in [5.41, 5.74) is 1.04. The first-order chi connectivity index (χ1) is 9.86. The fraction of sp³-hybridized carbons (Fsp3) is 0.294. The number of hydrogen-bond acceptors (Lipinski definition) is 1. The van der Waals surface area contributed by atoms with Gasteiger partial charge in [-0.25, -0.2) is 0 Å². The van der Waals surface area contributed by atoms with Gasteiger partial charge in [0.15, 0.2) is 0 Å². The Bertz CT molecular complexity index is 586. The lowest BCUT2D eigenvalue weighted by Gasteiger charge is -2.11. The first kappa shape index (κ1) is 15.4. The smallest absolute Gasteiger partial charge is 0.416 e. The Morgan fingerprint density at radius 3 is 2.24 bits per heavy atom. The van der Waals surface area contributed by atoms with E-state index in [0.717, 1.165) is 12.1 Å². The number of alkyl halides is 3. The molecule has 4 heteroatoms. The minimum atomic E-state index is -4.32. The predicted octanol–water partition coefficient (Wildman–Crippen LogP) is 5.41. The summed E-state index contributed by atoms with van der Waals surface area (Å²) < 4.78 is 43.4. The third-order valence-corrected chi connectivity index (χ3v) is 3.21. The Labute approximate surface area is 122 Å². The molecule has 0 atom stereocenters. The molecule has 2 aromatic carbocycles. The van der Waals surface area contributed by atoms with Crippen molar-refractivity contribution in [2.24, 2.45) is 0 Å². The van der Waals surface area contributed by atoms with Crippen molar-refractivity contribution in [3.8, 4) is 5.75 Å². The quantitative estimate of drug-likeness (QED) is 0.732. The average Bonchev–Trinajstić information content (AvgIpc) is 2.45. The van der Waals surface area contributed by atoms with E-state index in [-0.39, 0.29) is 6.61 Å². The van der Waals surface area contributed by atoms with Crippen LogP contribution in [0.25, 0.3) is 0 Å². The first-order valence-corrected chi connectivity index (χ1v) is 6.75. The topological polar surface area (TPSA) is 9.23 Å². The number of rotatable bonds is 4. The van der Waals surface area contributed by atoms with Gasteiger partial charge in [-0.1, -0.05) is 38.1 Å². The summed E-state index contributed by atoms with van der Waals surface area (Å²) in [6, 6.07) is 12.8. The van der Waals surface area contributed by atoms with Crippen LogP contribution in [0.5, 0.6) is 5.75 Å². The van der Waals surface area contributed by atoms with E-state index in [1.807, 2.05) is 24.3 Å². The molecule has 0 aliphatic carbocycles. The van der Waals surface area contributed by atoms with Gasteiger partial charge in [-0.2, -0.15) is 13.2 Å².